The average Bonchev–Trinajstić information content (AvgIpc) is 3.52. The summed E-state index contributed by atoms with van der Waals surface area (Å²) < 4.78 is 11.8. The van der Waals surface area contributed by atoms with Crippen LogP contribution in [0.25, 0.3) is 16.0 Å². The van der Waals surface area contributed by atoms with Crippen LogP contribution in [0.15, 0.2) is 64.8 Å². The van der Waals surface area contributed by atoms with E-state index < -0.39 is 17.7 Å². The van der Waals surface area contributed by atoms with E-state index in [9.17, 15) is 14.7 Å². The Balaban J connectivity index is 1.72. The molecule has 2 aromatic heterocycles. The molecular weight excluding hydrogens is 440 g/mol. The Hall–Kier alpha value is -3.91. The van der Waals surface area contributed by atoms with Crippen molar-refractivity contribution in [3.63, 3.8) is 0 Å². The van der Waals surface area contributed by atoms with Crippen molar-refractivity contribution in [2.45, 2.75) is 19.9 Å². The molecule has 0 radical (unpaired) electrons. The van der Waals surface area contributed by atoms with E-state index in [1.807, 2.05) is 26.0 Å². The highest BCUT2D eigenvalue weighted by atomic mass is 32.1. The number of amides is 1. The van der Waals surface area contributed by atoms with Crippen molar-refractivity contribution in [2.75, 3.05) is 12.0 Å². The van der Waals surface area contributed by atoms with Crippen molar-refractivity contribution in [3.05, 3.63) is 82.8 Å². The van der Waals surface area contributed by atoms with E-state index >= 15 is 0 Å². The fourth-order valence-corrected chi connectivity index (χ4v) is 5.30. The monoisotopic (exact) mass is 460 g/mol. The lowest BCUT2D eigenvalue weighted by Gasteiger charge is -2.20. The number of carbonyl (C=O) groups is 2. The van der Waals surface area contributed by atoms with E-state index in [1.54, 1.807) is 36.4 Å². The van der Waals surface area contributed by atoms with Gasteiger partial charge in [-0.15, -0.1) is 0 Å². The minimum absolute atomic E-state index is 0.0599. The number of aliphatic hydroxyl groups is 1. The Morgan fingerprint density at radius 1 is 1.15 bits per heavy atom. The van der Waals surface area contributed by atoms with Crippen LogP contribution in [0.4, 0.5) is 5.13 Å². The molecule has 1 fully saturated rings. The summed E-state index contributed by atoms with van der Waals surface area (Å²) in [6, 6.07) is 13.1. The Bertz CT molecular complexity index is 1430. The van der Waals surface area contributed by atoms with Crippen molar-refractivity contribution >= 4 is 44.1 Å². The molecule has 0 aliphatic carbocycles. The number of rotatable bonds is 4. The predicted molar refractivity (Wildman–Crippen MR) is 126 cm³/mol. The molecule has 0 saturated carbocycles. The van der Waals surface area contributed by atoms with Crippen molar-refractivity contribution < 1.29 is 23.8 Å². The molecule has 166 valence electrons. The smallest absolute Gasteiger partial charge is 0.302 e. The lowest BCUT2D eigenvalue weighted by molar-refractivity contribution is -0.132. The molecule has 33 heavy (non-hydrogen) atoms. The molecule has 0 spiro atoms. The highest BCUT2D eigenvalue weighted by molar-refractivity contribution is 7.22. The van der Waals surface area contributed by atoms with Gasteiger partial charge in [-0.2, -0.15) is 0 Å². The second kappa shape index (κ2) is 7.90. The number of methoxy groups -OCH3 is 1. The number of anilines is 1. The third kappa shape index (κ3) is 3.39. The van der Waals surface area contributed by atoms with Crippen LogP contribution >= 0.6 is 11.3 Å². The number of benzene rings is 2. The lowest BCUT2D eigenvalue weighted by Crippen LogP contribution is -2.29. The normalized spacial score (nSPS) is 17.8. The summed E-state index contributed by atoms with van der Waals surface area (Å²) in [4.78, 5) is 32.4. The number of furan rings is 1. The molecule has 1 unspecified atom stereocenters. The van der Waals surface area contributed by atoms with Crippen LogP contribution in [0.3, 0.4) is 0 Å². The van der Waals surface area contributed by atoms with Crippen LogP contribution in [-0.2, 0) is 9.59 Å². The van der Waals surface area contributed by atoms with Crippen LogP contribution < -0.4 is 9.64 Å². The molecular formula is C25H20N2O5S. The molecule has 1 aliphatic rings. The molecule has 7 nitrogen and oxygen atoms in total. The van der Waals surface area contributed by atoms with Gasteiger partial charge in [0.25, 0.3) is 5.78 Å². The second-order valence-electron chi connectivity index (χ2n) is 7.84. The molecule has 8 heteroatoms. The first-order valence-corrected chi connectivity index (χ1v) is 11.1. The van der Waals surface area contributed by atoms with Gasteiger partial charge in [-0.1, -0.05) is 29.5 Å². The zero-order chi connectivity index (χ0) is 23.3. The molecule has 5 rings (SSSR count). The fourth-order valence-electron chi connectivity index (χ4n) is 4.13. The largest absolute Gasteiger partial charge is 0.507 e. The SMILES string of the molecule is COc1cccc(/C(O)=C2\C(=O)C(=O)N(c3nc4c(C)cc(C)cc4s3)C2c2ccco2)c1. The highest BCUT2D eigenvalue weighted by Crippen LogP contribution is 2.45. The van der Waals surface area contributed by atoms with E-state index in [0.717, 1.165) is 21.3 Å². The molecule has 0 bridgehead atoms. The fraction of sp³-hybridized carbons (Fsp3) is 0.160. The average molecular weight is 461 g/mol. The maximum Gasteiger partial charge on any atom is 0.302 e. The summed E-state index contributed by atoms with van der Waals surface area (Å²) in [7, 11) is 1.51. The van der Waals surface area contributed by atoms with Gasteiger partial charge >= 0.3 is 5.91 Å². The number of aliphatic hydroxyl groups excluding tert-OH is 1. The summed E-state index contributed by atoms with van der Waals surface area (Å²) in [5, 5.41) is 11.5. The van der Waals surface area contributed by atoms with Crippen LogP contribution in [0.5, 0.6) is 5.75 Å². The molecule has 1 N–H and O–H groups in total. The van der Waals surface area contributed by atoms with Gasteiger partial charge in [0.1, 0.15) is 23.3 Å². The first-order valence-electron chi connectivity index (χ1n) is 10.3. The van der Waals surface area contributed by atoms with Gasteiger partial charge in [0.2, 0.25) is 0 Å². The molecule has 3 heterocycles. The Morgan fingerprint density at radius 2 is 1.97 bits per heavy atom. The third-order valence-electron chi connectivity index (χ3n) is 5.62. The number of ether oxygens (including phenoxy) is 1. The van der Waals surface area contributed by atoms with Crippen molar-refractivity contribution in [2.24, 2.45) is 0 Å². The summed E-state index contributed by atoms with van der Waals surface area (Å²) >= 11 is 1.32. The van der Waals surface area contributed by atoms with E-state index in [4.69, 9.17) is 9.15 Å². The minimum Gasteiger partial charge on any atom is -0.507 e. The number of aryl methyl sites for hydroxylation is 2. The maximum absolute atomic E-state index is 13.2. The Morgan fingerprint density at radius 3 is 2.70 bits per heavy atom. The summed E-state index contributed by atoms with van der Waals surface area (Å²) in [6.45, 7) is 3.95. The zero-order valence-electron chi connectivity index (χ0n) is 18.2. The van der Waals surface area contributed by atoms with Crippen LogP contribution in [0.1, 0.15) is 28.5 Å². The first-order chi connectivity index (χ1) is 15.9. The van der Waals surface area contributed by atoms with E-state index in [-0.39, 0.29) is 11.3 Å². The molecule has 1 amide bonds. The first kappa shape index (κ1) is 21.0. The van der Waals surface area contributed by atoms with Gasteiger partial charge in [0, 0.05) is 5.56 Å². The summed E-state index contributed by atoms with van der Waals surface area (Å²) in [5.41, 5.74) is 3.14. The van der Waals surface area contributed by atoms with Gasteiger partial charge < -0.3 is 14.3 Å². The molecule has 1 aliphatic heterocycles. The molecule has 2 aromatic carbocycles. The molecule has 4 aromatic rings. The van der Waals surface area contributed by atoms with Gasteiger partial charge in [0.05, 0.1) is 29.2 Å². The minimum atomic E-state index is -0.951. The quantitative estimate of drug-likeness (QED) is 0.257. The number of fused-ring (bicyclic) bond motifs is 1. The Kier molecular flexibility index (Phi) is 5.02. The van der Waals surface area contributed by atoms with E-state index in [0.29, 0.717) is 22.2 Å². The predicted octanol–water partition coefficient (Wildman–Crippen LogP) is 5.14. The number of thiazole rings is 1. The van der Waals surface area contributed by atoms with Gasteiger partial charge in [-0.3, -0.25) is 14.5 Å². The van der Waals surface area contributed by atoms with Crippen molar-refractivity contribution in [1.82, 2.24) is 4.98 Å². The van der Waals surface area contributed by atoms with Crippen LogP contribution in [0.2, 0.25) is 0 Å². The number of aromatic nitrogens is 1. The number of ketones is 1. The van der Waals surface area contributed by atoms with Crippen molar-refractivity contribution in [3.8, 4) is 5.75 Å². The van der Waals surface area contributed by atoms with Crippen LogP contribution in [-0.4, -0.2) is 28.9 Å². The van der Waals surface area contributed by atoms with Gasteiger partial charge in [0.15, 0.2) is 5.13 Å². The van der Waals surface area contributed by atoms with E-state index in [1.165, 1.54) is 29.6 Å². The number of Topliss-reactive ketones (excluding diaryl/α,β-unsaturated/α-hetero) is 1. The number of hydrogen-bond acceptors (Lipinski definition) is 7. The number of carbonyl (C=O) groups excluding carboxylic acids is 2. The topological polar surface area (TPSA) is 92.9 Å². The molecule has 1 saturated heterocycles. The lowest BCUT2D eigenvalue weighted by atomic mass is 9.99. The van der Waals surface area contributed by atoms with Crippen LogP contribution in [0, 0.1) is 13.8 Å². The second-order valence-corrected chi connectivity index (χ2v) is 8.85. The van der Waals surface area contributed by atoms with Gasteiger partial charge in [-0.05, 0) is 55.3 Å². The standard InChI is InChI=1S/C25H20N2O5S/c1-13-10-14(2)20-18(11-13)33-25(26-20)27-21(17-8-5-9-32-17)19(23(29)24(27)30)22(28)15-6-4-7-16(12-15)31-3/h4-12,21,28H,1-3H3/b22-19+. The number of nitrogens with zero attached hydrogens (tertiary/aromatic N) is 2. The van der Waals surface area contributed by atoms with Gasteiger partial charge in [-0.25, -0.2) is 4.98 Å². The zero-order valence-corrected chi connectivity index (χ0v) is 19.0. The Labute approximate surface area is 193 Å². The molecule has 1 atom stereocenters. The number of hydrogen-bond donors (Lipinski definition) is 1. The highest BCUT2D eigenvalue weighted by Gasteiger charge is 2.49. The summed E-state index contributed by atoms with van der Waals surface area (Å²) in [5.74, 6) is -1.01. The maximum atomic E-state index is 13.2. The van der Waals surface area contributed by atoms with Crippen molar-refractivity contribution in [1.29, 1.82) is 0 Å². The summed E-state index contributed by atoms with van der Waals surface area (Å²) in [6.07, 6.45) is 1.47. The third-order valence-corrected chi connectivity index (χ3v) is 6.63. The van der Waals surface area contributed by atoms with E-state index in [2.05, 4.69) is 4.98 Å².